The number of fused-ring (bicyclic) bond motifs is 2. The number of para-hydroxylation sites is 1. The molecule has 0 fully saturated rings. The molecular weight excluding hydrogens is 353 g/mol. The molecule has 4 aromatic rings. The van der Waals surface area contributed by atoms with Gasteiger partial charge in [-0.15, -0.1) is 11.3 Å². The summed E-state index contributed by atoms with van der Waals surface area (Å²) < 4.78 is 39.6. The van der Waals surface area contributed by atoms with Crippen LogP contribution in [0.4, 0.5) is 19.0 Å². The van der Waals surface area contributed by atoms with E-state index in [-0.39, 0.29) is 23.0 Å². The number of alkyl halides is 3. The van der Waals surface area contributed by atoms with E-state index in [0.29, 0.717) is 0 Å². The van der Waals surface area contributed by atoms with Gasteiger partial charge in [0.15, 0.2) is 5.82 Å². The highest BCUT2D eigenvalue weighted by Gasteiger charge is 2.35. The van der Waals surface area contributed by atoms with Gasteiger partial charge < -0.3 is 10.3 Å². The number of amides is 1. The van der Waals surface area contributed by atoms with Gasteiger partial charge in [0.1, 0.15) is 16.9 Å². The highest BCUT2D eigenvalue weighted by Crippen LogP contribution is 2.35. The van der Waals surface area contributed by atoms with Crippen LogP contribution in [0.25, 0.3) is 15.7 Å². The fraction of sp³-hybridized carbons (Fsp3) is 0.125. The van der Waals surface area contributed by atoms with Crippen molar-refractivity contribution in [3.05, 3.63) is 53.4 Å². The molecule has 2 N–H and O–H groups in total. The van der Waals surface area contributed by atoms with Crippen LogP contribution < -0.4 is 5.32 Å². The maximum absolute atomic E-state index is 12.9. The van der Waals surface area contributed by atoms with Crippen LogP contribution in [-0.4, -0.2) is 20.3 Å². The van der Waals surface area contributed by atoms with Crippen LogP contribution in [0.5, 0.6) is 0 Å². The van der Waals surface area contributed by atoms with Crippen LogP contribution in [0.15, 0.2) is 42.2 Å². The highest BCUT2D eigenvalue weighted by atomic mass is 32.1. The number of nitrogens with one attached hydrogen (secondary N) is 2. The Morgan fingerprint density at radius 3 is 2.92 bits per heavy atom. The zero-order chi connectivity index (χ0) is 17.6. The van der Waals surface area contributed by atoms with E-state index in [0.717, 1.165) is 43.9 Å². The average Bonchev–Trinajstić information content (AvgIpc) is 3.23. The van der Waals surface area contributed by atoms with Crippen LogP contribution >= 0.6 is 11.3 Å². The SMILES string of the molecule is O=C(Cc1c[nH]c2ccccc12)Nc1ncn2c(C(F)(F)F)csc12. The molecule has 1 amide bonds. The number of rotatable bonds is 3. The first-order valence-electron chi connectivity index (χ1n) is 7.30. The molecule has 4 rings (SSSR count). The molecule has 0 radical (unpaired) electrons. The predicted molar refractivity (Wildman–Crippen MR) is 88.7 cm³/mol. The number of benzene rings is 1. The summed E-state index contributed by atoms with van der Waals surface area (Å²) in [5, 5.41) is 4.53. The Morgan fingerprint density at radius 1 is 1.32 bits per heavy atom. The van der Waals surface area contributed by atoms with Crippen LogP contribution in [0.1, 0.15) is 11.3 Å². The quantitative estimate of drug-likeness (QED) is 0.575. The molecule has 0 atom stereocenters. The lowest BCUT2D eigenvalue weighted by Gasteiger charge is -2.03. The lowest BCUT2D eigenvalue weighted by atomic mass is 10.1. The van der Waals surface area contributed by atoms with Crippen molar-refractivity contribution in [2.24, 2.45) is 0 Å². The van der Waals surface area contributed by atoms with Gasteiger partial charge in [-0.05, 0) is 11.6 Å². The standard InChI is InChI=1S/C16H11F3N4OS/c17-16(18,19)12-7-25-15-14(21-8-23(12)15)22-13(24)5-9-6-20-11-4-2-1-3-10(9)11/h1-4,6-8,20H,5H2,(H,22,24). The third-order valence-corrected chi connectivity index (χ3v) is 4.79. The summed E-state index contributed by atoms with van der Waals surface area (Å²) in [5.74, 6) is -0.211. The van der Waals surface area contributed by atoms with E-state index < -0.39 is 11.9 Å². The zero-order valence-corrected chi connectivity index (χ0v) is 13.4. The molecule has 0 aliphatic carbocycles. The van der Waals surface area contributed by atoms with Crippen molar-refractivity contribution < 1.29 is 18.0 Å². The normalized spacial score (nSPS) is 12.1. The van der Waals surface area contributed by atoms with Crippen molar-refractivity contribution in [3.63, 3.8) is 0 Å². The van der Waals surface area contributed by atoms with Crippen LogP contribution in [0, 0.1) is 0 Å². The van der Waals surface area contributed by atoms with Gasteiger partial charge in [-0.3, -0.25) is 9.20 Å². The minimum absolute atomic E-state index is 0.0978. The van der Waals surface area contributed by atoms with E-state index in [4.69, 9.17) is 0 Å². The molecule has 0 saturated heterocycles. The molecule has 3 aromatic heterocycles. The summed E-state index contributed by atoms with van der Waals surface area (Å²) in [5.41, 5.74) is 0.922. The van der Waals surface area contributed by atoms with Crippen LogP contribution in [0.2, 0.25) is 0 Å². The van der Waals surface area contributed by atoms with Crippen molar-refractivity contribution in [1.29, 1.82) is 0 Å². The van der Waals surface area contributed by atoms with Crippen molar-refractivity contribution in [2.75, 3.05) is 5.32 Å². The molecule has 0 bridgehead atoms. The zero-order valence-electron chi connectivity index (χ0n) is 12.6. The minimum Gasteiger partial charge on any atom is -0.361 e. The van der Waals surface area contributed by atoms with Gasteiger partial charge >= 0.3 is 6.18 Å². The fourth-order valence-corrected chi connectivity index (χ4v) is 3.65. The number of anilines is 1. The molecule has 1 aromatic carbocycles. The van der Waals surface area contributed by atoms with Crippen LogP contribution in [0.3, 0.4) is 0 Å². The number of halogens is 3. The summed E-state index contributed by atoms with van der Waals surface area (Å²) in [6, 6.07) is 7.57. The summed E-state index contributed by atoms with van der Waals surface area (Å²) in [4.78, 5) is 19.5. The molecule has 0 aliphatic rings. The third-order valence-electron chi connectivity index (χ3n) is 3.84. The topological polar surface area (TPSA) is 62.2 Å². The third kappa shape index (κ3) is 2.76. The van der Waals surface area contributed by atoms with E-state index in [2.05, 4.69) is 15.3 Å². The Hall–Kier alpha value is -2.81. The largest absolute Gasteiger partial charge is 0.432 e. The Bertz CT molecular complexity index is 1080. The van der Waals surface area contributed by atoms with Crippen LogP contribution in [-0.2, 0) is 17.4 Å². The summed E-state index contributed by atoms with van der Waals surface area (Å²) in [6.07, 6.45) is -1.55. The molecule has 3 heterocycles. The molecule has 9 heteroatoms. The predicted octanol–water partition coefficient (Wildman–Crippen LogP) is 4.08. The number of hydrogen-bond acceptors (Lipinski definition) is 3. The smallest absolute Gasteiger partial charge is 0.361 e. The second-order valence-electron chi connectivity index (χ2n) is 5.47. The number of thiazole rings is 1. The van der Waals surface area contributed by atoms with Gasteiger partial charge in [0, 0.05) is 22.5 Å². The average molecular weight is 364 g/mol. The summed E-state index contributed by atoms with van der Waals surface area (Å²) in [6.45, 7) is 0. The van der Waals surface area contributed by atoms with Gasteiger partial charge in [-0.2, -0.15) is 13.2 Å². The molecule has 0 spiro atoms. The molecule has 25 heavy (non-hydrogen) atoms. The number of hydrogen-bond donors (Lipinski definition) is 2. The number of H-pyrrole nitrogens is 1. The maximum atomic E-state index is 12.9. The first-order chi connectivity index (χ1) is 11.9. The van der Waals surface area contributed by atoms with Gasteiger partial charge in [0.05, 0.1) is 6.42 Å². The molecular formula is C16H11F3N4OS. The number of aromatic nitrogens is 3. The fourth-order valence-electron chi connectivity index (χ4n) is 2.71. The van der Waals surface area contributed by atoms with E-state index >= 15 is 0 Å². The summed E-state index contributed by atoms with van der Waals surface area (Å²) in [7, 11) is 0. The Labute approximate surface area is 143 Å². The number of aromatic amines is 1. The maximum Gasteiger partial charge on any atom is 0.432 e. The second-order valence-corrected chi connectivity index (χ2v) is 6.33. The van der Waals surface area contributed by atoms with Gasteiger partial charge in [0.25, 0.3) is 0 Å². The first kappa shape index (κ1) is 15.7. The number of imidazole rings is 1. The van der Waals surface area contributed by atoms with Crippen molar-refractivity contribution in [2.45, 2.75) is 12.6 Å². The lowest BCUT2D eigenvalue weighted by molar-refractivity contribution is -0.141. The van der Waals surface area contributed by atoms with E-state index in [1.165, 1.54) is 0 Å². The Kier molecular flexibility index (Phi) is 3.53. The van der Waals surface area contributed by atoms with E-state index in [1.54, 1.807) is 6.20 Å². The number of carbonyl (C=O) groups excluding carboxylic acids is 1. The number of nitrogens with zero attached hydrogens (tertiary/aromatic N) is 2. The Morgan fingerprint density at radius 2 is 2.12 bits per heavy atom. The van der Waals surface area contributed by atoms with Crippen molar-refractivity contribution >= 4 is 38.8 Å². The van der Waals surface area contributed by atoms with Gasteiger partial charge in [-0.25, -0.2) is 4.98 Å². The second kappa shape index (κ2) is 5.62. The van der Waals surface area contributed by atoms with Gasteiger partial charge in [0.2, 0.25) is 5.91 Å². The first-order valence-corrected chi connectivity index (χ1v) is 8.18. The molecule has 0 unspecified atom stereocenters. The van der Waals surface area contributed by atoms with Gasteiger partial charge in [-0.1, -0.05) is 18.2 Å². The van der Waals surface area contributed by atoms with Crippen molar-refractivity contribution in [1.82, 2.24) is 14.4 Å². The highest BCUT2D eigenvalue weighted by molar-refractivity contribution is 7.16. The minimum atomic E-state index is -4.47. The van der Waals surface area contributed by atoms with E-state index in [9.17, 15) is 18.0 Å². The monoisotopic (exact) mass is 364 g/mol. The number of carbonyl (C=O) groups is 1. The van der Waals surface area contributed by atoms with Crippen molar-refractivity contribution in [3.8, 4) is 0 Å². The molecule has 128 valence electrons. The molecule has 0 aliphatic heterocycles. The lowest BCUT2D eigenvalue weighted by Crippen LogP contribution is -2.14. The summed E-state index contributed by atoms with van der Waals surface area (Å²) >= 11 is 0.886. The molecule has 5 nitrogen and oxygen atoms in total. The Balaban J connectivity index is 1.57. The molecule has 0 saturated carbocycles. The van der Waals surface area contributed by atoms with E-state index in [1.807, 2.05) is 24.3 Å².